The van der Waals surface area contributed by atoms with Crippen LogP contribution in [0.15, 0.2) is 11.0 Å². The van der Waals surface area contributed by atoms with Crippen LogP contribution >= 0.6 is 0 Å². The molecule has 0 aliphatic heterocycles. The van der Waals surface area contributed by atoms with E-state index >= 15 is 0 Å². The van der Waals surface area contributed by atoms with Gasteiger partial charge in [0.05, 0.1) is 7.11 Å². The van der Waals surface area contributed by atoms with E-state index < -0.39 is 5.69 Å². The van der Waals surface area contributed by atoms with Crippen molar-refractivity contribution in [1.29, 1.82) is 0 Å². The summed E-state index contributed by atoms with van der Waals surface area (Å²) in [5.74, 6) is 0.365. The van der Waals surface area contributed by atoms with Crippen molar-refractivity contribution in [3.05, 3.63) is 22.2 Å². The Labute approximate surface area is 69.0 Å². The van der Waals surface area contributed by atoms with Gasteiger partial charge >= 0.3 is 5.69 Å². The Bertz CT molecular complexity index is 308. The summed E-state index contributed by atoms with van der Waals surface area (Å²) in [6.45, 7) is 0.00405. The Balaban J connectivity index is 3.02. The number of aliphatic hydroxyl groups is 1. The Kier molecular flexibility index (Phi) is 2.82. The van der Waals surface area contributed by atoms with Crippen molar-refractivity contribution < 1.29 is 9.84 Å². The SMILES string of the molecule is COc1[nH]c(=O)ncc1CCO. The van der Waals surface area contributed by atoms with Gasteiger partial charge in [-0.1, -0.05) is 0 Å². The van der Waals surface area contributed by atoms with Gasteiger partial charge in [0.1, 0.15) is 0 Å². The van der Waals surface area contributed by atoms with Crippen molar-refractivity contribution in [1.82, 2.24) is 9.97 Å². The molecule has 0 amide bonds. The number of nitrogens with zero attached hydrogens (tertiary/aromatic N) is 1. The summed E-state index contributed by atoms with van der Waals surface area (Å²) < 4.78 is 4.87. The number of methoxy groups -OCH3 is 1. The second kappa shape index (κ2) is 3.87. The first-order valence-electron chi connectivity index (χ1n) is 3.51. The van der Waals surface area contributed by atoms with Gasteiger partial charge in [-0.3, -0.25) is 4.98 Å². The number of ether oxygens (including phenoxy) is 1. The third-order valence-electron chi connectivity index (χ3n) is 1.44. The smallest absolute Gasteiger partial charge is 0.347 e. The summed E-state index contributed by atoms with van der Waals surface area (Å²) >= 11 is 0. The van der Waals surface area contributed by atoms with Crippen molar-refractivity contribution in [2.45, 2.75) is 6.42 Å². The number of nitrogens with one attached hydrogen (secondary N) is 1. The minimum atomic E-state index is -0.450. The Morgan fingerprint density at radius 1 is 1.75 bits per heavy atom. The van der Waals surface area contributed by atoms with Gasteiger partial charge in [0, 0.05) is 24.8 Å². The van der Waals surface area contributed by atoms with Crippen LogP contribution in [-0.4, -0.2) is 28.8 Å². The number of aromatic amines is 1. The molecule has 12 heavy (non-hydrogen) atoms. The molecule has 0 bridgehead atoms. The van der Waals surface area contributed by atoms with E-state index in [-0.39, 0.29) is 6.61 Å². The van der Waals surface area contributed by atoms with Crippen LogP contribution in [0.1, 0.15) is 5.56 Å². The zero-order valence-electron chi connectivity index (χ0n) is 6.70. The normalized spacial score (nSPS) is 9.83. The van der Waals surface area contributed by atoms with E-state index in [0.29, 0.717) is 17.9 Å². The largest absolute Gasteiger partial charge is 0.482 e. The van der Waals surface area contributed by atoms with E-state index in [2.05, 4.69) is 9.97 Å². The van der Waals surface area contributed by atoms with Gasteiger partial charge in [0.25, 0.3) is 0 Å². The van der Waals surface area contributed by atoms with Crippen LogP contribution in [0.3, 0.4) is 0 Å². The molecule has 0 aliphatic carbocycles. The molecular weight excluding hydrogens is 160 g/mol. The van der Waals surface area contributed by atoms with Crippen LogP contribution in [0.4, 0.5) is 0 Å². The standard InChI is InChI=1S/C7H10N2O3/c1-12-6-5(2-3-10)4-8-7(11)9-6/h4,10H,2-3H2,1H3,(H,8,9,11). The van der Waals surface area contributed by atoms with Crippen LogP contribution in [0.2, 0.25) is 0 Å². The molecule has 1 aromatic rings. The lowest BCUT2D eigenvalue weighted by atomic mass is 10.2. The van der Waals surface area contributed by atoms with Crippen molar-refractivity contribution in [2.75, 3.05) is 13.7 Å². The molecule has 1 heterocycles. The van der Waals surface area contributed by atoms with Crippen LogP contribution in [0.5, 0.6) is 5.88 Å². The highest BCUT2D eigenvalue weighted by Crippen LogP contribution is 2.10. The summed E-state index contributed by atoms with van der Waals surface area (Å²) in [5, 5.41) is 8.63. The summed E-state index contributed by atoms with van der Waals surface area (Å²) in [6, 6.07) is 0. The quantitative estimate of drug-likeness (QED) is 0.629. The molecule has 0 spiro atoms. The van der Waals surface area contributed by atoms with E-state index in [9.17, 15) is 4.79 Å². The summed E-state index contributed by atoms with van der Waals surface area (Å²) in [6.07, 6.45) is 1.82. The van der Waals surface area contributed by atoms with Gasteiger partial charge < -0.3 is 9.84 Å². The average molecular weight is 170 g/mol. The van der Waals surface area contributed by atoms with E-state index in [1.54, 1.807) is 0 Å². The van der Waals surface area contributed by atoms with Crippen LogP contribution in [0.25, 0.3) is 0 Å². The zero-order valence-corrected chi connectivity index (χ0v) is 6.70. The van der Waals surface area contributed by atoms with Gasteiger partial charge in [0.2, 0.25) is 0 Å². The first-order valence-corrected chi connectivity index (χ1v) is 3.51. The fraction of sp³-hybridized carbons (Fsp3) is 0.429. The predicted octanol–water partition coefficient (Wildman–Crippen LogP) is -0.687. The molecule has 0 atom stereocenters. The van der Waals surface area contributed by atoms with Gasteiger partial charge in [0.15, 0.2) is 5.88 Å². The molecule has 5 heteroatoms. The molecule has 0 aliphatic rings. The molecule has 0 saturated heterocycles. The highest BCUT2D eigenvalue weighted by atomic mass is 16.5. The minimum absolute atomic E-state index is 0.00405. The Morgan fingerprint density at radius 2 is 2.50 bits per heavy atom. The van der Waals surface area contributed by atoms with E-state index in [1.165, 1.54) is 13.3 Å². The van der Waals surface area contributed by atoms with Gasteiger partial charge in [-0.15, -0.1) is 0 Å². The highest BCUT2D eigenvalue weighted by molar-refractivity contribution is 5.21. The maximum atomic E-state index is 10.7. The highest BCUT2D eigenvalue weighted by Gasteiger charge is 2.02. The molecule has 0 radical (unpaired) electrons. The minimum Gasteiger partial charge on any atom is -0.482 e. The second-order valence-corrected chi connectivity index (χ2v) is 2.22. The monoisotopic (exact) mass is 170 g/mol. The number of aliphatic hydroxyl groups excluding tert-OH is 1. The molecule has 0 aromatic carbocycles. The van der Waals surface area contributed by atoms with Gasteiger partial charge in [-0.2, -0.15) is 0 Å². The van der Waals surface area contributed by atoms with E-state index in [4.69, 9.17) is 9.84 Å². The summed E-state index contributed by atoms with van der Waals surface area (Å²) in [7, 11) is 1.45. The Morgan fingerprint density at radius 3 is 3.08 bits per heavy atom. The number of H-pyrrole nitrogens is 1. The predicted molar refractivity (Wildman–Crippen MR) is 42.2 cm³/mol. The number of rotatable bonds is 3. The molecule has 1 aromatic heterocycles. The van der Waals surface area contributed by atoms with Crippen molar-refractivity contribution >= 4 is 0 Å². The summed E-state index contributed by atoms with van der Waals surface area (Å²) in [4.78, 5) is 16.6. The van der Waals surface area contributed by atoms with Crippen molar-refractivity contribution in [2.24, 2.45) is 0 Å². The molecule has 5 nitrogen and oxygen atoms in total. The number of hydrogen-bond donors (Lipinski definition) is 2. The number of aromatic nitrogens is 2. The molecule has 0 fully saturated rings. The Hall–Kier alpha value is -1.36. The van der Waals surface area contributed by atoms with Crippen molar-refractivity contribution in [3.63, 3.8) is 0 Å². The molecule has 0 saturated carbocycles. The number of hydrogen-bond acceptors (Lipinski definition) is 4. The lowest BCUT2D eigenvalue weighted by molar-refractivity contribution is 0.295. The molecule has 0 unspecified atom stereocenters. The first-order chi connectivity index (χ1) is 5.77. The van der Waals surface area contributed by atoms with Crippen molar-refractivity contribution in [3.8, 4) is 5.88 Å². The molecule has 2 N–H and O–H groups in total. The summed E-state index contributed by atoms with van der Waals surface area (Å²) in [5.41, 5.74) is 0.244. The maximum Gasteiger partial charge on any atom is 0.347 e. The average Bonchev–Trinajstić information content (AvgIpc) is 2.08. The van der Waals surface area contributed by atoms with E-state index in [1.807, 2.05) is 0 Å². The lowest BCUT2D eigenvalue weighted by Crippen LogP contribution is -2.13. The van der Waals surface area contributed by atoms with Crippen LogP contribution in [-0.2, 0) is 6.42 Å². The molecule has 1 rings (SSSR count). The maximum absolute atomic E-state index is 10.7. The van der Waals surface area contributed by atoms with Crippen LogP contribution in [0, 0.1) is 0 Å². The third kappa shape index (κ3) is 1.82. The third-order valence-corrected chi connectivity index (χ3v) is 1.44. The fourth-order valence-corrected chi connectivity index (χ4v) is 0.886. The van der Waals surface area contributed by atoms with Gasteiger partial charge in [-0.25, -0.2) is 9.78 Å². The fourth-order valence-electron chi connectivity index (χ4n) is 0.886. The first kappa shape index (κ1) is 8.73. The lowest BCUT2D eigenvalue weighted by Gasteiger charge is -2.03. The molecular formula is C7H10N2O3. The van der Waals surface area contributed by atoms with E-state index in [0.717, 1.165) is 0 Å². The topological polar surface area (TPSA) is 75.2 Å². The van der Waals surface area contributed by atoms with Crippen LogP contribution < -0.4 is 10.4 Å². The zero-order chi connectivity index (χ0) is 8.97. The second-order valence-electron chi connectivity index (χ2n) is 2.22. The molecule has 66 valence electrons. The van der Waals surface area contributed by atoms with Gasteiger partial charge in [-0.05, 0) is 0 Å².